The van der Waals surface area contributed by atoms with Gasteiger partial charge in [-0.25, -0.2) is 4.79 Å². The molecule has 2 unspecified atom stereocenters. The molecule has 0 saturated carbocycles. The Hall–Kier alpha value is -3.08. The van der Waals surface area contributed by atoms with Crippen LogP contribution in [-0.2, 0) is 22.4 Å². The predicted molar refractivity (Wildman–Crippen MR) is 114 cm³/mol. The third kappa shape index (κ3) is 8.64. The number of nitrogens with one attached hydrogen (secondary N) is 1. The first-order valence-electron chi connectivity index (χ1n) is 9.71. The molecule has 0 bridgehead atoms. The number of rotatable bonds is 8. The number of ether oxygens (including phenoxy) is 1. The second kappa shape index (κ2) is 10.5. The monoisotopic (exact) mass is 395 g/mol. The minimum Gasteiger partial charge on any atom is -0.481 e. The van der Waals surface area contributed by atoms with Crippen molar-refractivity contribution in [2.45, 2.75) is 45.3 Å². The zero-order valence-corrected chi connectivity index (χ0v) is 17.2. The van der Waals surface area contributed by atoms with Crippen LogP contribution < -0.4 is 5.32 Å². The van der Waals surface area contributed by atoms with Crippen molar-refractivity contribution in [3.8, 4) is 0 Å². The van der Waals surface area contributed by atoms with Crippen LogP contribution in [0.5, 0.6) is 0 Å². The molecule has 0 heterocycles. The van der Waals surface area contributed by atoms with Gasteiger partial charge in [-0.3, -0.25) is 4.79 Å². The molecule has 2 aromatic carbocycles. The lowest BCUT2D eigenvalue weighted by Crippen LogP contribution is -2.39. The van der Waals surface area contributed by atoms with Crippen molar-refractivity contribution in [3.63, 3.8) is 0 Å². The van der Waals surface area contributed by atoms with Crippen LogP contribution in [0.15, 0.2) is 72.8 Å². The SMILES string of the molecule is CC(C)(C)OC(=O)NC(/C=C/C(Cc1ccccc1)C(=O)O)Cc1ccccc1. The fourth-order valence-corrected chi connectivity index (χ4v) is 2.87. The van der Waals surface area contributed by atoms with Gasteiger partial charge in [-0.05, 0) is 44.7 Å². The molecule has 1 amide bonds. The summed E-state index contributed by atoms with van der Waals surface area (Å²) in [6, 6.07) is 18.8. The van der Waals surface area contributed by atoms with Crippen molar-refractivity contribution in [2.75, 3.05) is 0 Å². The van der Waals surface area contributed by atoms with Gasteiger partial charge >= 0.3 is 12.1 Å². The van der Waals surface area contributed by atoms with E-state index in [0.29, 0.717) is 12.8 Å². The molecule has 29 heavy (non-hydrogen) atoms. The van der Waals surface area contributed by atoms with Gasteiger partial charge in [0.15, 0.2) is 0 Å². The summed E-state index contributed by atoms with van der Waals surface area (Å²) in [5.41, 5.74) is 1.37. The molecule has 0 aliphatic heterocycles. The largest absolute Gasteiger partial charge is 0.481 e. The Balaban J connectivity index is 2.14. The summed E-state index contributed by atoms with van der Waals surface area (Å²) in [5, 5.41) is 12.4. The van der Waals surface area contributed by atoms with Crippen molar-refractivity contribution in [1.29, 1.82) is 0 Å². The molecule has 2 aromatic rings. The molecule has 0 spiro atoms. The van der Waals surface area contributed by atoms with Crippen LogP contribution in [0.2, 0.25) is 0 Å². The third-order valence-corrected chi connectivity index (χ3v) is 4.19. The maximum absolute atomic E-state index is 12.2. The van der Waals surface area contributed by atoms with Crippen molar-refractivity contribution >= 4 is 12.1 Å². The van der Waals surface area contributed by atoms with Gasteiger partial charge in [0.1, 0.15) is 5.60 Å². The van der Waals surface area contributed by atoms with Gasteiger partial charge in [0.25, 0.3) is 0 Å². The van der Waals surface area contributed by atoms with E-state index in [2.05, 4.69) is 5.32 Å². The maximum Gasteiger partial charge on any atom is 0.408 e. The molecule has 5 heteroatoms. The van der Waals surface area contributed by atoms with Crippen LogP contribution in [0.1, 0.15) is 31.9 Å². The van der Waals surface area contributed by atoms with Crippen LogP contribution in [0.3, 0.4) is 0 Å². The normalized spacial score (nSPS) is 13.6. The first-order chi connectivity index (χ1) is 13.7. The van der Waals surface area contributed by atoms with E-state index in [-0.39, 0.29) is 6.04 Å². The maximum atomic E-state index is 12.2. The lowest BCUT2D eigenvalue weighted by molar-refractivity contribution is -0.140. The zero-order valence-electron chi connectivity index (χ0n) is 17.2. The van der Waals surface area contributed by atoms with E-state index < -0.39 is 23.6 Å². The predicted octanol–water partition coefficient (Wildman–Crippen LogP) is 4.62. The number of carbonyl (C=O) groups excluding carboxylic acids is 1. The lowest BCUT2D eigenvalue weighted by atomic mass is 9.97. The second-order valence-corrected chi connectivity index (χ2v) is 7.96. The summed E-state index contributed by atoms with van der Waals surface area (Å²) >= 11 is 0. The van der Waals surface area contributed by atoms with Crippen molar-refractivity contribution < 1.29 is 19.4 Å². The van der Waals surface area contributed by atoms with Gasteiger partial charge in [0.2, 0.25) is 0 Å². The number of hydrogen-bond acceptors (Lipinski definition) is 3. The molecular weight excluding hydrogens is 366 g/mol. The van der Waals surface area contributed by atoms with E-state index in [0.717, 1.165) is 11.1 Å². The Morgan fingerprint density at radius 1 is 0.931 bits per heavy atom. The summed E-state index contributed by atoms with van der Waals surface area (Å²) in [6.45, 7) is 5.40. The number of benzene rings is 2. The molecule has 5 nitrogen and oxygen atoms in total. The van der Waals surface area contributed by atoms with Gasteiger partial charge in [0.05, 0.1) is 12.0 Å². The molecule has 0 aliphatic rings. The van der Waals surface area contributed by atoms with Gasteiger partial charge < -0.3 is 15.2 Å². The highest BCUT2D eigenvalue weighted by atomic mass is 16.6. The number of aliphatic carboxylic acids is 1. The van der Waals surface area contributed by atoms with Gasteiger partial charge in [-0.1, -0.05) is 72.8 Å². The van der Waals surface area contributed by atoms with Crippen LogP contribution in [0.4, 0.5) is 4.79 Å². The number of carboxylic acid groups (broad SMARTS) is 1. The third-order valence-electron chi connectivity index (χ3n) is 4.19. The van der Waals surface area contributed by atoms with E-state index in [1.807, 2.05) is 60.7 Å². The zero-order chi connectivity index (χ0) is 21.3. The van der Waals surface area contributed by atoms with E-state index >= 15 is 0 Å². The average molecular weight is 395 g/mol. The molecule has 2 rings (SSSR count). The second-order valence-electron chi connectivity index (χ2n) is 7.96. The molecule has 0 saturated heterocycles. The Labute approximate surface area is 172 Å². The quantitative estimate of drug-likeness (QED) is 0.640. The fraction of sp³-hybridized carbons (Fsp3) is 0.333. The molecule has 154 valence electrons. The van der Waals surface area contributed by atoms with Crippen LogP contribution >= 0.6 is 0 Å². The van der Waals surface area contributed by atoms with Crippen molar-refractivity contribution in [3.05, 3.63) is 83.9 Å². The fourth-order valence-electron chi connectivity index (χ4n) is 2.87. The number of alkyl carbamates (subject to hydrolysis) is 1. The molecule has 0 aliphatic carbocycles. The summed E-state index contributed by atoms with van der Waals surface area (Å²) in [4.78, 5) is 24.0. The van der Waals surface area contributed by atoms with Gasteiger partial charge in [0, 0.05) is 0 Å². The van der Waals surface area contributed by atoms with Crippen molar-refractivity contribution in [1.82, 2.24) is 5.32 Å². The highest BCUT2D eigenvalue weighted by Crippen LogP contribution is 2.13. The number of carbonyl (C=O) groups is 2. The molecule has 2 N–H and O–H groups in total. The minimum atomic E-state index is -0.902. The standard InChI is InChI=1S/C24H29NO4/c1-24(2,3)29-23(28)25-21(17-19-12-8-5-9-13-19)15-14-20(22(26)27)16-18-10-6-4-7-11-18/h4-15,20-21H,16-17H2,1-3H3,(H,25,28)(H,26,27)/b15-14+. The Morgan fingerprint density at radius 3 is 1.93 bits per heavy atom. The number of hydrogen-bond donors (Lipinski definition) is 2. The summed E-state index contributed by atoms with van der Waals surface area (Å²) in [6.07, 6.45) is 3.79. The summed E-state index contributed by atoms with van der Waals surface area (Å²) in [5.74, 6) is -1.59. The molecule has 0 aromatic heterocycles. The smallest absolute Gasteiger partial charge is 0.408 e. The van der Waals surface area contributed by atoms with Gasteiger partial charge in [-0.2, -0.15) is 0 Å². The highest BCUT2D eigenvalue weighted by molar-refractivity contribution is 5.73. The van der Waals surface area contributed by atoms with Crippen molar-refractivity contribution in [2.24, 2.45) is 5.92 Å². The van der Waals surface area contributed by atoms with Crippen LogP contribution in [0, 0.1) is 5.92 Å². The average Bonchev–Trinajstić information content (AvgIpc) is 2.64. The number of carboxylic acids is 1. The van der Waals surface area contributed by atoms with Crippen LogP contribution in [-0.4, -0.2) is 28.8 Å². The Morgan fingerprint density at radius 2 is 1.45 bits per heavy atom. The van der Waals surface area contributed by atoms with E-state index in [1.54, 1.807) is 32.9 Å². The van der Waals surface area contributed by atoms with E-state index in [9.17, 15) is 14.7 Å². The number of amides is 1. The summed E-state index contributed by atoms with van der Waals surface area (Å²) in [7, 11) is 0. The topological polar surface area (TPSA) is 75.6 Å². The molecular formula is C24H29NO4. The Bertz CT molecular complexity index is 810. The molecule has 0 radical (unpaired) electrons. The lowest BCUT2D eigenvalue weighted by Gasteiger charge is -2.22. The first-order valence-corrected chi connectivity index (χ1v) is 9.71. The Kier molecular flexibility index (Phi) is 8.01. The molecule has 0 fully saturated rings. The van der Waals surface area contributed by atoms with Gasteiger partial charge in [-0.15, -0.1) is 0 Å². The van der Waals surface area contributed by atoms with Crippen LogP contribution in [0.25, 0.3) is 0 Å². The molecule has 2 atom stereocenters. The summed E-state index contributed by atoms with van der Waals surface area (Å²) < 4.78 is 5.36. The minimum absolute atomic E-state index is 0.384. The van der Waals surface area contributed by atoms with E-state index in [1.165, 1.54) is 0 Å². The first kappa shape index (κ1) is 22.2. The highest BCUT2D eigenvalue weighted by Gasteiger charge is 2.20. The van der Waals surface area contributed by atoms with E-state index in [4.69, 9.17) is 4.74 Å².